The number of sulfone groups is 1. The average molecular weight is 501 g/mol. The van der Waals surface area contributed by atoms with Gasteiger partial charge in [0.15, 0.2) is 5.76 Å². The summed E-state index contributed by atoms with van der Waals surface area (Å²) in [6, 6.07) is 19.3. The van der Waals surface area contributed by atoms with E-state index < -0.39 is 15.7 Å². The van der Waals surface area contributed by atoms with Crippen molar-refractivity contribution in [1.82, 2.24) is 14.5 Å². The van der Waals surface area contributed by atoms with Crippen molar-refractivity contribution in [1.29, 1.82) is 0 Å². The number of para-hydroxylation sites is 1. The maximum absolute atomic E-state index is 13.6. The molecule has 0 atom stereocenters. The molecule has 1 amide bonds. The zero-order chi connectivity index (χ0) is 24.7. The molecule has 1 fully saturated rings. The molecule has 2 aromatic carbocycles. The van der Waals surface area contributed by atoms with Crippen LogP contribution in [0.15, 0.2) is 87.5 Å². The van der Waals surface area contributed by atoms with Crippen LogP contribution in [0.25, 0.3) is 21.9 Å². The number of fused-ring (bicyclic) bond motifs is 3. The third-order valence-corrected chi connectivity index (χ3v) is 8.30. The van der Waals surface area contributed by atoms with Crippen LogP contribution in [0, 0.1) is 0 Å². The number of carbonyl (C=O) groups is 1. The van der Waals surface area contributed by atoms with E-state index in [0.717, 1.165) is 36.6 Å². The summed E-state index contributed by atoms with van der Waals surface area (Å²) in [5, 5.41) is 3.92. The SMILES string of the molecule is O=C(Nc1nc(S(=O)(=O)c2ccccc2)nc2c1c1ccccc1n2C1CCCCC1)c1ccco1. The second kappa shape index (κ2) is 8.91. The highest BCUT2D eigenvalue weighted by molar-refractivity contribution is 7.91. The van der Waals surface area contributed by atoms with E-state index in [0.29, 0.717) is 11.0 Å². The lowest BCUT2D eigenvalue weighted by atomic mass is 9.95. The number of hydrogen-bond acceptors (Lipinski definition) is 6. The standard InChI is InChI=1S/C27H24N4O4S/c32-26(22-16-9-17-35-22)28-24-23-20-14-7-8-15-21(20)31(18-10-3-1-4-11-18)25(23)30-27(29-24)36(33,34)19-12-5-2-6-13-19/h2,5-9,12-18H,1,3-4,10-11H2,(H,28,29,30,32). The van der Waals surface area contributed by atoms with Crippen molar-refractivity contribution in [2.45, 2.75) is 48.2 Å². The minimum Gasteiger partial charge on any atom is -0.459 e. The Hall–Kier alpha value is -3.98. The molecular weight excluding hydrogens is 476 g/mol. The summed E-state index contributed by atoms with van der Waals surface area (Å²) in [5.41, 5.74) is 1.44. The lowest BCUT2D eigenvalue weighted by Gasteiger charge is -2.25. The highest BCUT2D eigenvalue weighted by Gasteiger charge is 2.29. The fourth-order valence-corrected chi connectivity index (χ4v) is 6.21. The number of furan rings is 1. The molecular formula is C27H24N4O4S. The number of carbonyl (C=O) groups excluding carboxylic acids is 1. The number of benzene rings is 2. The molecule has 9 heteroatoms. The predicted molar refractivity (Wildman–Crippen MR) is 136 cm³/mol. The largest absolute Gasteiger partial charge is 0.459 e. The molecule has 6 rings (SSSR count). The van der Waals surface area contributed by atoms with Gasteiger partial charge in [-0.05, 0) is 43.2 Å². The van der Waals surface area contributed by atoms with E-state index in [-0.39, 0.29) is 27.7 Å². The molecule has 36 heavy (non-hydrogen) atoms. The van der Waals surface area contributed by atoms with Crippen LogP contribution in [0.2, 0.25) is 0 Å². The van der Waals surface area contributed by atoms with Crippen molar-refractivity contribution >= 4 is 43.5 Å². The highest BCUT2D eigenvalue weighted by atomic mass is 32.2. The number of amides is 1. The van der Waals surface area contributed by atoms with Gasteiger partial charge in [0.05, 0.1) is 22.1 Å². The number of anilines is 1. The first-order chi connectivity index (χ1) is 17.5. The minimum atomic E-state index is -4.04. The first-order valence-corrected chi connectivity index (χ1v) is 13.5. The van der Waals surface area contributed by atoms with E-state index >= 15 is 0 Å². The Morgan fingerprint density at radius 2 is 1.67 bits per heavy atom. The van der Waals surface area contributed by atoms with Crippen LogP contribution in [0.1, 0.15) is 48.7 Å². The topological polar surface area (TPSA) is 107 Å². The molecule has 1 aliphatic rings. The molecule has 3 heterocycles. The van der Waals surface area contributed by atoms with E-state index in [4.69, 9.17) is 4.42 Å². The van der Waals surface area contributed by atoms with Gasteiger partial charge in [0.1, 0.15) is 11.5 Å². The van der Waals surface area contributed by atoms with Crippen molar-refractivity contribution < 1.29 is 17.6 Å². The van der Waals surface area contributed by atoms with E-state index in [1.54, 1.807) is 30.3 Å². The normalized spacial score (nSPS) is 14.9. The quantitative estimate of drug-likeness (QED) is 0.307. The van der Waals surface area contributed by atoms with Gasteiger partial charge in [-0.25, -0.2) is 8.42 Å². The lowest BCUT2D eigenvalue weighted by molar-refractivity contribution is 0.0996. The van der Waals surface area contributed by atoms with Crippen LogP contribution in [0.3, 0.4) is 0 Å². The molecule has 0 bridgehead atoms. The average Bonchev–Trinajstić information content (AvgIpc) is 3.56. The fraction of sp³-hybridized carbons (Fsp3) is 0.222. The Morgan fingerprint density at radius 1 is 0.917 bits per heavy atom. The molecule has 1 N–H and O–H groups in total. The maximum atomic E-state index is 13.6. The Labute approximate surface area is 207 Å². The summed E-state index contributed by atoms with van der Waals surface area (Å²) in [6.45, 7) is 0. The number of hydrogen-bond donors (Lipinski definition) is 1. The minimum absolute atomic E-state index is 0.0907. The van der Waals surface area contributed by atoms with Gasteiger partial charge in [0, 0.05) is 11.4 Å². The van der Waals surface area contributed by atoms with Crippen LogP contribution >= 0.6 is 0 Å². The summed E-state index contributed by atoms with van der Waals surface area (Å²) in [4.78, 5) is 22.1. The third-order valence-electron chi connectivity index (χ3n) is 6.74. The molecule has 8 nitrogen and oxygen atoms in total. The van der Waals surface area contributed by atoms with Crippen molar-refractivity contribution in [3.05, 3.63) is 78.8 Å². The van der Waals surface area contributed by atoms with Gasteiger partial charge >= 0.3 is 0 Å². The van der Waals surface area contributed by atoms with Crippen LogP contribution in [-0.2, 0) is 9.84 Å². The molecule has 1 aliphatic carbocycles. The van der Waals surface area contributed by atoms with E-state index in [1.165, 1.54) is 24.8 Å². The van der Waals surface area contributed by atoms with E-state index in [2.05, 4.69) is 19.9 Å². The predicted octanol–water partition coefficient (Wildman–Crippen LogP) is 5.77. The Kier molecular flexibility index (Phi) is 5.56. The number of nitrogens with zero attached hydrogens (tertiary/aromatic N) is 3. The van der Waals surface area contributed by atoms with E-state index in [1.807, 2.05) is 24.3 Å². The van der Waals surface area contributed by atoms with Gasteiger partial charge in [-0.1, -0.05) is 55.7 Å². The van der Waals surface area contributed by atoms with Crippen LogP contribution in [0.5, 0.6) is 0 Å². The van der Waals surface area contributed by atoms with Gasteiger partial charge in [-0.15, -0.1) is 0 Å². The first-order valence-electron chi connectivity index (χ1n) is 12.0. The molecule has 0 aliphatic heterocycles. The molecule has 3 aromatic heterocycles. The fourth-order valence-electron chi connectivity index (χ4n) is 5.06. The zero-order valence-corrected chi connectivity index (χ0v) is 20.2. The maximum Gasteiger partial charge on any atom is 0.292 e. The van der Waals surface area contributed by atoms with Gasteiger partial charge in [0.25, 0.3) is 11.1 Å². The molecule has 0 saturated heterocycles. The van der Waals surface area contributed by atoms with Crippen molar-refractivity contribution in [3.8, 4) is 0 Å². The van der Waals surface area contributed by atoms with Gasteiger partial charge < -0.3 is 14.3 Å². The first kappa shape index (κ1) is 22.5. The summed E-state index contributed by atoms with van der Waals surface area (Å²) in [6.07, 6.45) is 6.74. The molecule has 182 valence electrons. The highest BCUT2D eigenvalue weighted by Crippen LogP contribution is 2.39. The van der Waals surface area contributed by atoms with Crippen molar-refractivity contribution in [3.63, 3.8) is 0 Å². The number of aromatic nitrogens is 3. The van der Waals surface area contributed by atoms with Crippen LogP contribution in [-0.4, -0.2) is 28.9 Å². The van der Waals surface area contributed by atoms with Crippen LogP contribution < -0.4 is 5.32 Å². The molecule has 1 saturated carbocycles. The third kappa shape index (κ3) is 3.76. The second-order valence-corrected chi connectivity index (χ2v) is 10.8. The molecule has 0 unspecified atom stereocenters. The van der Waals surface area contributed by atoms with Crippen LogP contribution in [0.4, 0.5) is 5.82 Å². The Bertz CT molecular complexity index is 1670. The van der Waals surface area contributed by atoms with Crippen molar-refractivity contribution in [2.24, 2.45) is 0 Å². The zero-order valence-electron chi connectivity index (χ0n) is 19.4. The number of rotatable bonds is 5. The summed E-state index contributed by atoms with van der Waals surface area (Å²) in [5.74, 6) is -0.274. The molecule has 5 aromatic rings. The van der Waals surface area contributed by atoms with Gasteiger partial charge in [-0.2, -0.15) is 9.97 Å². The van der Waals surface area contributed by atoms with Gasteiger partial charge in [0.2, 0.25) is 9.84 Å². The van der Waals surface area contributed by atoms with E-state index in [9.17, 15) is 13.2 Å². The lowest BCUT2D eigenvalue weighted by Crippen LogP contribution is -2.17. The summed E-state index contributed by atoms with van der Waals surface area (Å²) in [7, 11) is -4.04. The monoisotopic (exact) mass is 500 g/mol. The van der Waals surface area contributed by atoms with Crippen molar-refractivity contribution in [2.75, 3.05) is 5.32 Å². The smallest absolute Gasteiger partial charge is 0.292 e. The summed E-state index contributed by atoms with van der Waals surface area (Å²) < 4.78 is 34.6. The van der Waals surface area contributed by atoms with Gasteiger partial charge in [-0.3, -0.25) is 4.79 Å². The Morgan fingerprint density at radius 3 is 2.42 bits per heavy atom. The Balaban J connectivity index is 1.64. The second-order valence-electron chi connectivity index (χ2n) is 8.98. The molecule has 0 radical (unpaired) electrons. The number of nitrogens with one attached hydrogen (secondary N) is 1. The molecule has 0 spiro atoms. The summed E-state index contributed by atoms with van der Waals surface area (Å²) >= 11 is 0.